The van der Waals surface area contributed by atoms with E-state index in [-0.39, 0.29) is 11.7 Å². The van der Waals surface area contributed by atoms with Crippen LogP contribution in [0, 0.1) is 5.82 Å². The molecule has 0 aromatic carbocycles. The van der Waals surface area contributed by atoms with Crippen LogP contribution in [-0.4, -0.2) is 19.3 Å². The molecule has 2 aromatic rings. The lowest BCUT2D eigenvalue weighted by molar-refractivity contribution is 0.532. The number of aromatic amines is 1. The Hall–Kier alpha value is -1.89. The molecular formula is C10H10ClFN4O2. The van der Waals surface area contributed by atoms with Gasteiger partial charge in [-0.1, -0.05) is 11.6 Å². The highest BCUT2D eigenvalue weighted by Crippen LogP contribution is 2.08. The first kappa shape index (κ1) is 12.6. The first-order chi connectivity index (χ1) is 8.41. The zero-order valence-electron chi connectivity index (χ0n) is 9.65. The number of nitrogens with zero attached hydrogens (tertiary/aromatic N) is 3. The van der Waals surface area contributed by atoms with Gasteiger partial charge in [-0.15, -0.1) is 0 Å². The lowest BCUT2D eigenvalue weighted by Gasteiger charge is -2.04. The van der Waals surface area contributed by atoms with Crippen molar-refractivity contribution >= 4 is 11.6 Å². The molecule has 0 amide bonds. The molecule has 0 aliphatic rings. The third-order valence-corrected chi connectivity index (χ3v) is 2.64. The molecule has 0 saturated heterocycles. The minimum Gasteiger partial charge on any atom is -0.295 e. The smallest absolute Gasteiger partial charge is 0.295 e. The van der Waals surface area contributed by atoms with Gasteiger partial charge in [-0.2, -0.15) is 9.49 Å². The number of nitrogens with one attached hydrogen (secondary N) is 1. The van der Waals surface area contributed by atoms with Gasteiger partial charge in [0.15, 0.2) is 5.15 Å². The average molecular weight is 273 g/mol. The van der Waals surface area contributed by atoms with E-state index in [9.17, 15) is 14.0 Å². The molecule has 0 spiro atoms. The monoisotopic (exact) mass is 272 g/mol. The molecule has 2 aromatic heterocycles. The van der Waals surface area contributed by atoms with E-state index in [0.29, 0.717) is 4.57 Å². The summed E-state index contributed by atoms with van der Waals surface area (Å²) in [6.45, 7) is 3.76. The summed E-state index contributed by atoms with van der Waals surface area (Å²) in [4.78, 5) is 25.3. The van der Waals surface area contributed by atoms with Gasteiger partial charge in [0.05, 0.1) is 11.9 Å². The van der Waals surface area contributed by atoms with E-state index < -0.39 is 22.2 Å². The van der Waals surface area contributed by atoms with Gasteiger partial charge in [0.2, 0.25) is 5.82 Å². The van der Waals surface area contributed by atoms with Crippen LogP contribution >= 0.6 is 11.6 Å². The van der Waals surface area contributed by atoms with Crippen LogP contribution in [0.5, 0.6) is 0 Å². The Morgan fingerprint density at radius 1 is 1.44 bits per heavy atom. The van der Waals surface area contributed by atoms with Crippen LogP contribution in [0.25, 0.3) is 5.69 Å². The summed E-state index contributed by atoms with van der Waals surface area (Å²) in [7, 11) is 0. The molecule has 0 fully saturated rings. The molecule has 2 rings (SSSR count). The largest absolute Gasteiger partial charge is 0.334 e. The molecule has 0 atom stereocenters. The van der Waals surface area contributed by atoms with E-state index in [4.69, 9.17) is 11.6 Å². The highest BCUT2D eigenvalue weighted by atomic mass is 35.5. The van der Waals surface area contributed by atoms with Crippen LogP contribution in [0.2, 0.25) is 5.15 Å². The number of halogens is 2. The first-order valence-electron chi connectivity index (χ1n) is 5.16. The number of hydrogen-bond acceptors (Lipinski definition) is 3. The zero-order chi connectivity index (χ0) is 13.4. The Morgan fingerprint density at radius 2 is 2.11 bits per heavy atom. The van der Waals surface area contributed by atoms with Gasteiger partial charge in [0, 0.05) is 12.2 Å². The van der Waals surface area contributed by atoms with E-state index >= 15 is 0 Å². The summed E-state index contributed by atoms with van der Waals surface area (Å²) in [6, 6.07) is 0.0608. The molecule has 0 aliphatic carbocycles. The van der Waals surface area contributed by atoms with Gasteiger partial charge in [-0.25, -0.2) is 9.36 Å². The van der Waals surface area contributed by atoms with Crippen LogP contribution in [0.15, 0.2) is 22.0 Å². The van der Waals surface area contributed by atoms with Crippen molar-refractivity contribution in [2.75, 3.05) is 0 Å². The zero-order valence-corrected chi connectivity index (χ0v) is 10.4. The Labute approximate surface area is 106 Å². The van der Waals surface area contributed by atoms with Crippen LogP contribution in [0.4, 0.5) is 4.39 Å². The molecule has 0 unspecified atom stereocenters. The van der Waals surface area contributed by atoms with Gasteiger partial charge in [-0.05, 0) is 13.8 Å². The SMILES string of the molecule is CC(C)n1cc(-n2c(=O)[nH]c(Cl)c(F)c2=O)cn1. The summed E-state index contributed by atoms with van der Waals surface area (Å²) < 4.78 is 15.6. The highest BCUT2D eigenvalue weighted by molar-refractivity contribution is 6.29. The minimum atomic E-state index is -1.20. The summed E-state index contributed by atoms with van der Waals surface area (Å²) in [5.41, 5.74) is -1.73. The van der Waals surface area contributed by atoms with Crippen LogP contribution in [0.1, 0.15) is 19.9 Å². The van der Waals surface area contributed by atoms with E-state index in [2.05, 4.69) is 5.10 Å². The van der Waals surface area contributed by atoms with Crippen molar-refractivity contribution in [1.82, 2.24) is 19.3 Å². The standard InChI is InChI=1S/C10H10ClFN4O2/c1-5(2)15-4-6(3-13-15)16-9(17)7(12)8(11)14-10(16)18/h3-5H,1-2H3,(H,14,18). The van der Waals surface area contributed by atoms with Gasteiger partial charge in [0.1, 0.15) is 0 Å². The Balaban J connectivity index is 2.68. The number of aromatic nitrogens is 4. The molecule has 96 valence electrons. The third kappa shape index (κ3) is 1.97. The van der Waals surface area contributed by atoms with Crippen LogP contribution in [0.3, 0.4) is 0 Å². The Bertz CT molecular complexity index is 701. The summed E-state index contributed by atoms with van der Waals surface area (Å²) in [6.07, 6.45) is 2.79. The van der Waals surface area contributed by atoms with Crippen molar-refractivity contribution in [2.24, 2.45) is 0 Å². The fourth-order valence-corrected chi connectivity index (χ4v) is 1.61. The second-order valence-corrected chi connectivity index (χ2v) is 4.35. The first-order valence-corrected chi connectivity index (χ1v) is 5.54. The van der Waals surface area contributed by atoms with E-state index in [1.54, 1.807) is 4.68 Å². The van der Waals surface area contributed by atoms with Crippen molar-refractivity contribution in [3.63, 3.8) is 0 Å². The molecular weight excluding hydrogens is 263 g/mol. The van der Waals surface area contributed by atoms with E-state index in [1.807, 2.05) is 18.8 Å². The number of H-pyrrole nitrogens is 1. The van der Waals surface area contributed by atoms with Crippen molar-refractivity contribution in [3.05, 3.63) is 44.2 Å². The molecule has 8 heteroatoms. The van der Waals surface area contributed by atoms with Crippen LogP contribution < -0.4 is 11.2 Å². The second kappa shape index (κ2) is 4.41. The predicted molar refractivity (Wildman–Crippen MR) is 63.8 cm³/mol. The van der Waals surface area contributed by atoms with Gasteiger partial charge < -0.3 is 0 Å². The van der Waals surface area contributed by atoms with Crippen molar-refractivity contribution in [2.45, 2.75) is 19.9 Å². The lowest BCUT2D eigenvalue weighted by Crippen LogP contribution is -2.35. The normalized spacial score (nSPS) is 11.2. The minimum absolute atomic E-state index is 0.0608. The van der Waals surface area contributed by atoms with Crippen molar-refractivity contribution < 1.29 is 4.39 Å². The quantitative estimate of drug-likeness (QED) is 0.832. The fourth-order valence-electron chi connectivity index (χ4n) is 1.45. The molecule has 0 aliphatic heterocycles. The summed E-state index contributed by atoms with van der Waals surface area (Å²) in [5.74, 6) is -1.20. The fraction of sp³-hybridized carbons (Fsp3) is 0.300. The average Bonchev–Trinajstić information content (AvgIpc) is 2.75. The van der Waals surface area contributed by atoms with E-state index in [1.165, 1.54) is 12.4 Å². The molecule has 0 saturated carbocycles. The topological polar surface area (TPSA) is 72.7 Å². The highest BCUT2D eigenvalue weighted by Gasteiger charge is 2.15. The summed E-state index contributed by atoms with van der Waals surface area (Å²) in [5, 5.41) is 3.38. The van der Waals surface area contributed by atoms with Crippen LogP contribution in [-0.2, 0) is 0 Å². The maximum atomic E-state index is 13.4. The maximum Gasteiger partial charge on any atom is 0.334 e. The van der Waals surface area contributed by atoms with Crippen molar-refractivity contribution in [3.8, 4) is 5.69 Å². The number of hydrogen-bond donors (Lipinski definition) is 1. The Kier molecular flexibility index (Phi) is 3.08. The van der Waals surface area contributed by atoms with Gasteiger partial charge in [-0.3, -0.25) is 14.5 Å². The Morgan fingerprint density at radius 3 is 2.67 bits per heavy atom. The van der Waals surface area contributed by atoms with Gasteiger partial charge >= 0.3 is 5.69 Å². The molecule has 2 heterocycles. The molecule has 18 heavy (non-hydrogen) atoms. The van der Waals surface area contributed by atoms with Crippen molar-refractivity contribution in [1.29, 1.82) is 0 Å². The van der Waals surface area contributed by atoms with Gasteiger partial charge in [0.25, 0.3) is 5.56 Å². The molecule has 0 radical (unpaired) electrons. The maximum absolute atomic E-state index is 13.4. The molecule has 0 bridgehead atoms. The second-order valence-electron chi connectivity index (χ2n) is 3.97. The predicted octanol–water partition coefficient (Wildman–Crippen LogP) is 1.10. The molecule has 6 nitrogen and oxygen atoms in total. The van der Waals surface area contributed by atoms with E-state index in [0.717, 1.165) is 0 Å². The summed E-state index contributed by atoms with van der Waals surface area (Å²) >= 11 is 5.37. The number of rotatable bonds is 2. The molecule has 1 N–H and O–H groups in total. The third-order valence-electron chi connectivity index (χ3n) is 2.38. The lowest BCUT2D eigenvalue weighted by atomic mass is 10.4.